The first-order valence-corrected chi connectivity index (χ1v) is 8.94. The van der Waals surface area contributed by atoms with Gasteiger partial charge in [0, 0.05) is 64.0 Å². The van der Waals surface area contributed by atoms with Crippen molar-refractivity contribution in [3.63, 3.8) is 0 Å². The van der Waals surface area contributed by atoms with Crippen molar-refractivity contribution < 1.29 is 4.79 Å². The fourth-order valence-corrected chi connectivity index (χ4v) is 3.58. The smallest absolute Gasteiger partial charge is 0.226 e. The average molecular weight is 316 g/mol. The number of allylic oxidation sites excluding steroid dienone is 2. The number of carbonyl (C=O) groups is 1. The molecule has 2 aliphatic rings. The fourth-order valence-electron chi connectivity index (χ4n) is 3.58. The Balaban J connectivity index is 1.43. The molecule has 1 saturated heterocycles. The summed E-state index contributed by atoms with van der Waals surface area (Å²) in [6.07, 6.45) is 12.3. The Morgan fingerprint density at radius 1 is 1.22 bits per heavy atom. The molecular weight excluding hydrogens is 288 g/mol. The third kappa shape index (κ3) is 4.02. The van der Waals surface area contributed by atoms with Crippen molar-refractivity contribution in [3.05, 3.63) is 30.4 Å². The van der Waals surface area contributed by atoms with Crippen LogP contribution in [0.15, 0.2) is 24.5 Å². The van der Waals surface area contributed by atoms with Gasteiger partial charge in [-0.2, -0.15) is 0 Å². The van der Waals surface area contributed by atoms with Gasteiger partial charge in [0.15, 0.2) is 0 Å². The molecule has 1 aliphatic heterocycles. The van der Waals surface area contributed by atoms with Gasteiger partial charge in [-0.3, -0.25) is 9.69 Å². The van der Waals surface area contributed by atoms with E-state index in [0.717, 1.165) is 70.8 Å². The second-order valence-electron chi connectivity index (χ2n) is 6.54. The maximum absolute atomic E-state index is 12.5. The third-order valence-corrected chi connectivity index (χ3v) is 5.08. The second kappa shape index (κ2) is 7.77. The number of nitrogens with zero attached hydrogens (tertiary/aromatic N) is 4. The number of aromatic nitrogens is 2. The van der Waals surface area contributed by atoms with Crippen molar-refractivity contribution in [2.24, 2.45) is 5.92 Å². The molecule has 0 spiro atoms. The molecular formula is C18H28N4O. The topological polar surface area (TPSA) is 41.4 Å². The molecule has 0 N–H and O–H groups in total. The summed E-state index contributed by atoms with van der Waals surface area (Å²) in [4.78, 5) is 21.5. The highest BCUT2D eigenvalue weighted by Gasteiger charge is 2.27. The Bertz CT molecular complexity index is 543. The molecule has 0 aromatic carbocycles. The third-order valence-electron chi connectivity index (χ3n) is 5.08. The number of hydrogen-bond donors (Lipinski definition) is 0. The van der Waals surface area contributed by atoms with E-state index in [1.165, 1.54) is 0 Å². The zero-order valence-electron chi connectivity index (χ0n) is 14.2. The van der Waals surface area contributed by atoms with Crippen LogP contribution in [-0.2, 0) is 17.8 Å². The van der Waals surface area contributed by atoms with E-state index in [0.29, 0.717) is 5.91 Å². The molecule has 126 valence electrons. The molecule has 0 saturated carbocycles. The van der Waals surface area contributed by atoms with Crippen molar-refractivity contribution in [1.82, 2.24) is 19.4 Å². The Morgan fingerprint density at radius 3 is 2.74 bits per heavy atom. The molecule has 1 fully saturated rings. The van der Waals surface area contributed by atoms with Gasteiger partial charge in [-0.1, -0.05) is 19.1 Å². The first-order chi connectivity index (χ1) is 11.3. The molecule has 1 aromatic heterocycles. The van der Waals surface area contributed by atoms with Gasteiger partial charge in [0.05, 0.1) is 0 Å². The first-order valence-electron chi connectivity index (χ1n) is 8.94. The minimum atomic E-state index is 0.226. The molecule has 3 rings (SSSR count). The van der Waals surface area contributed by atoms with E-state index in [4.69, 9.17) is 0 Å². The summed E-state index contributed by atoms with van der Waals surface area (Å²) in [5.74, 6) is 1.76. The minimum absolute atomic E-state index is 0.226. The van der Waals surface area contributed by atoms with E-state index >= 15 is 0 Å². The van der Waals surface area contributed by atoms with Crippen LogP contribution in [0, 0.1) is 5.92 Å². The Morgan fingerprint density at radius 2 is 2.04 bits per heavy atom. The maximum atomic E-state index is 12.5. The summed E-state index contributed by atoms with van der Waals surface area (Å²) in [6.45, 7) is 7.91. The van der Waals surface area contributed by atoms with Gasteiger partial charge in [-0.05, 0) is 19.3 Å². The molecule has 1 atom stereocenters. The number of carbonyl (C=O) groups excluding carboxylic acids is 1. The zero-order chi connectivity index (χ0) is 16.1. The predicted octanol–water partition coefficient (Wildman–Crippen LogP) is 1.95. The summed E-state index contributed by atoms with van der Waals surface area (Å²) < 4.78 is 2.24. The van der Waals surface area contributed by atoms with Crippen LogP contribution in [0.25, 0.3) is 0 Å². The van der Waals surface area contributed by atoms with Crippen molar-refractivity contribution in [3.8, 4) is 0 Å². The molecule has 1 unspecified atom stereocenters. The maximum Gasteiger partial charge on any atom is 0.226 e. The SMILES string of the molecule is CCc1nccn1CCN1CCN(C(=O)C2CC=CCC2)CC1. The number of imidazole rings is 1. The van der Waals surface area contributed by atoms with E-state index in [-0.39, 0.29) is 5.92 Å². The molecule has 0 radical (unpaired) electrons. The van der Waals surface area contributed by atoms with E-state index in [9.17, 15) is 4.79 Å². The van der Waals surface area contributed by atoms with Crippen LogP contribution in [0.1, 0.15) is 32.0 Å². The lowest BCUT2D eigenvalue weighted by atomic mass is 9.93. The van der Waals surface area contributed by atoms with Gasteiger partial charge in [-0.15, -0.1) is 0 Å². The lowest BCUT2D eigenvalue weighted by molar-refractivity contribution is -0.137. The molecule has 1 amide bonds. The van der Waals surface area contributed by atoms with E-state index in [2.05, 4.69) is 44.6 Å². The van der Waals surface area contributed by atoms with Crippen LogP contribution in [-0.4, -0.2) is 58.0 Å². The van der Waals surface area contributed by atoms with Crippen molar-refractivity contribution in [1.29, 1.82) is 0 Å². The number of rotatable bonds is 5. The quantitative estimate of drug-likeness (QED) is 0.780. The van der Waals surface area contributed by atoms with Gasteiger partial charge in [0.25, 0.3) is 0 Å². The molecule has 1 aliphatic carbocycles. The highest BCUT2D eigenvalue weighted by atomic mass is 16.2. The standard InChI is InChI=1S/C18H28N4O/c1-2-17-19-8-9-21(17)13-10-20-11-14-22(15-12-20)18(23)16-6-4-3-5-7-16/h3-4,8-9,16H,2,5-7,10-15H2,1H3. The highest BCUT2D eigenvalue weighted by molar-refractivity contribution is 5.79. The molecule has 0 bridgehead atoms. The zero-order valence-corrected chi connectivity index (χ0v) is 14.2. The lowest BCUT2D eigenvalue weighted by Crippen LogP contribution is -2.50. The normalized spacial score (nSPS) is 22.5. The molecule has 5 heteroatoms. The Labute approximate surface area is 139 Å². The van der Waals surface area contributed by atoms with Gasteiger partial charge in [0.2, 0.25) is 5.91 Å². The van der Waals surface area contributed by atoms with Gasteiger partial charge in [0.1, 0.15) is 5.82 Å². The predicted molar refractivity (Wildman–Crippen MR) is 91.1 cm³/mol. The molecule has 2 heterocycles. The average Bonchev–Trinajstić information content (AvgIpc) is 3.08. The van der Waals surface area contributed by atoms with Crippen LogP contribution in [0.2, 0.25) is 0 Å². The minimum Gasteiger partial charge on any atom is -0.340 e. The monoisotopic (exact) mass is 316 g/mol. The number of piperazine rings is 1. The molecule has 23 heavy (non-hydrogen) atoms. The summed E-state index contributed by atoms with van der Waals surface area (Å²) in [5, 5.41) is 0. The van der Waals surface area contributed by atoms with Crippen LogP contribution in [0.3, 0.4) is 0 Å². The van der Waals surface area contributed by atoms with E-state index < -0.39 is 0 Å². The fraction of sp³-hybridized carbons (Fsp3) is 0.667. The van der Waals surface area contributed by atoms with Crippen molar-refractivity contribution in [2.75, 3.05) is 32.7 Å². The lowest BCUT2D eigenvalue weighted by Gasteiger charge is -2.36. The number of amides is 1. The molecule has 5 nitrogen and oxygen atoms in total. The van der Waals surface area contributed by atoms with Crippen LogP contribution in [0.4, 0.5) is 0 Å². The van der Waals surface area contributed by atoms with Crippen LogP contribution < -0.4 is 0 Å². The Hall–Kier alpha value is -1.62. The van der Waals surface area contributed by atoms with E-state index in [1.54, 1.807) is 0 Å². The molecule has 1 aromatic rings. The van der Waals surface area contributed by atoms with Crippen LogP contribution >= 0.6 is 0 Å². The highest BCUT2D eigenvalue weighted by Crippen LogP contribution is 2.21. The summed E-state index contributed by atoms with van der Waals surface area (Å²) >= 11 is 0. The van der Waals surface area contributed by atoms with Gasteiger partial charge < -0.3 is 9.47 Å². The van der Waals surface area contributed by atoms with Crippen molar-refractivity contribution >= 4 is 5.91 Å². The van der Waals surface area contributed by atoms with Gasteiger partial charge >= 0.3 is 0 Å². The largest absolute Gasteiger partial charge is 0.340 e. The Kier molecular flexibility index (Phi) is 5.49. The number of hydrogen-bond acceptors (Lipinski definition) is 3. The van der Waals surface area contributed by atoms with Crippen molar-refractivity contribution in [2.45, 2.75) is 39.2 Å². The van der Waals surface area contributed by atoms with Crippen LogP contribution in [0.5, 0.6) is 0 Å². The first kappa shape index (κ1) is 16.2. The van der Waals surface area contributed by atoms with E-state index in [1.807, 2.05) is 6.20 Å². The summed E-state index contributed by atoms with van der Waals surface area (Å²) in [6, 6.07) is 0. The number of aryl methyl sites for hydroxylation is 1. The second-order valence-corrected chi connectivity index (χ2v) is 6.54. The summed E-state index contributed by atoms with van der Waals surface area (Å²) in [7, 11) is 0. The van der Waals surface area contributed by atoms with Gasteiger partial charge in [-0.25, -0.2) is 4.98 Å². The summed E-state index contributed by atoms with van der Waals surface area (Å²) in [5.41, 5.74) is 0.